The van der Waals surface area contributed by atoms with Crippen LogP contribution in [0, 0.1) is 0 Å². The van der Waals surface area contributed by atoms with Crippen molar-refractivity contribution < 1.29 is 31.2 Å². The van der Waals surface area contributed by atoms with Crippen LogP contribution in [0.15, 0.2) is 54.6 Å². The van der Waals surface area contributed by atoms with Gasteiger partial charge in [0.25, 0.3) is 0 Å². The normalized spacial score (nSPS) is 13.4. The molecular weight excluding hydrogens is 519 g/mol. The predicted octanol–water partition coefficient (Wildman–Crippen LogP) is 4.97. The Hall–Kier alpha value is -3.08. The standard InChI is InChI=1S/C27H36F3N3O4S/c1-5-20(3)31-26(35)24(6-2)32(19-21-12-8-7-9-13-21)25(34)16-11-17-33(38(4,36)37)23-15-10-14-22(18-23)27(28,29)30/h7-10,12-15,18,20,24H,5-6,11,16-17,19H2,1-4H3,(H,31,35)/t20-,24-/m0/s1. The molecule has 0 aliphatic carbocycles. The van der Waals surface area contributed by atoms with Crippen LogP contribution in [0.2, 0.25) is 0 Å². The molecule has 11 heteroatoms. The lowest BCUT2D eigenvalue weighted by molar-refractivity contribution is -0.141. The number of nitrogens with zero attached hydrogens (tertiary/aromatic N) is 2. The summed E-state index contributed by atoms with van der Waals surface area (Å²) in [5, 5.41) is 2.92. The number of carbonyl (C=O) groups is 2. The smallest absolute Gasteiger partial charge is 0.352 e. The van der Waals surface area contributed by atoms with E-state index in [0.717, 1.165) is 40.7 Å². The van der Waals surface area contributed by atoms with Crippen LogP contribution < -0.4 is 9.62 Å². The van der Waals surface area contributed by atoms with E-state index in [2.05, 4.69) is 5.32 Å². The quantitative estimate of drug-likeness (QED) is 0.378. The highest BCUT2D eigenvalue weighted by Gasteiger charge is 2.32. The van der Waals surface area contributed by atoms with Gasteiger partial charge in [0.1, 0.15) is 6.04 Å². The molecule has 0 fully saturated rings. The van der Waals surface area contributed by atoms with Gasteiger partial charge < -0.3 is 10.2 Å². The number of anilines is 1. The largest absolute Gasteiger partial charge is 0.416 e. The van der Waals surface area contributed by atoms with Gasteiger partial charge in [0.2, 0.25) is 21.8 Å². The second-order valence-corrected chi connectivity index (χ2v) is 11.1. The van der Waals surface area contributed by atoms with Crippen molar-refractivity contribution in [3.63, 3.8) is 0 Å². The second kappa shape index (κ2) is 13.6. The van der Waals surface area contributed by atoms with E-state index >= 15 is 0 Å². The van der Waals surface area contributed by atoms with Crippen LogP contribution in [-0.2, 0) is 32.3 Å². The van der Waals surface area contributed by atoms with Crippen LogP contribution >= 0.6 is 0 Å². The zero-order valence-electron chi connectivity index (χ0n) is 22.2. The van der Waals surface area contributed by atoms with E-state index in [9.17, 15) is 31.2 Å². The molecule has 0 radical (unpaired) electrons. The van der Waals surface area contributed by atoms with Crippen molar-refractivity contribution in [1.82, 2.24) is 10.2 Å². The molecule has 0 aliphatic rings. The summed E-state index contributed by atoms with van der Waals surface area (Å²) < 4.78 is 65.2. The average molecular weight is 556 g/mol. The molecule has 0 spiro atoms. The van der Waals surface area contributed by atoms with Gasteiger partial charge in [-0.1, -0.05) is 50.2 Å². The number of nitrogens with one attached hydrogen (secondary N) is 1. The SMILES string of the molecule is CC[C@H](C)NC(=O)[C@H](CC)N(Cc1ccccc1)C(=O)CCCN(c1cccc(C(F)(F)F)c1)S(C)(=O)=O. The molecule has 2 aromatic rings. The summed E-state index contributed by atoms with van der Waals surface area (Å²) in [4.78, 5) is 27.9. The lowest BCUT2D eigenvalue weighted by Gasteiger charge is -2.32. The molecule has 0 saturated carbocycles. The lowest BCUT2D eigenvalue weighted by Crippen LogP contribution is -2.50. The molecule has 2 rings (SSSR count). The van der Waals surface area contributed by atoms with Crippen molar-refractivity contribution in [1.29, 1.82) is 0 Å². The van der Waals surface area contributed by atoms with E-state index in [-0.39, 0.29) is 49.5 Å². The van der Waals surface area contributed by atoms with Gasteiger partial charge in [0.05, 0.1) is 17.5 Å². The van der Waals surface area contributed by atoms with E-state index in [1.165, 1.54) is 11.0 Å². The molecule has 1 N–H and O–H groups in total. The Bertz CT molecular complexity index is 1170. The van der Waals surface area contributed by atoms with Crippen molar-refractivity contribution >= 4 is 27.5 Å². The van der Waals surface area contributed by atoms with Gasteiger partial charge in [-0.15, -0.1) is 0 Å². The van der Waals surface area contributed by atoms with Gasteiger partial charge in [-0.2, -0.15) is 13.2 Å². The topological polar surface area (TPSA) is 86.8 Å². The monoisotopic (exact) mass is 555 g/mol. The van der Waals surface area contributed by atoms with Gasteiger partial charge >= 0.3 is 6.18 Å². The number of hydrogen-bond donors (Lipinski definition) is 1. The fourth-order valence-electron chi connectivity index (χ4n) is 3.98. The third kappa shape index (κ3) is 9.04. The molecule has 38 heavy (non-hydrogen) atoms. The molecule has 0 unspecified atom stereocenters. The number of amides is 2. The highest BCUT2D eigenvalue weighted by molar-refractivity contribution is 7.92. The van der Waals surface area contributed by atoms with Crippen LogP contribution in [0.4, 0.5) is 18.9 Å². The molecule has 2 aromatic carbocycles. The van der Waals surface area contributed by atoms with Crippen LogP contribution in [0.5, 0.6) is 0 Å². The minimum Gasteiger partial charge on any atom is -0.352 e. The third-order valence-corrected chi connectivity index (χ3v) is 7.39. The third-order valence-electron chi connectivity index (χ3n) is 6.20. The average Bonchev–Trinajstić information content (AvgIpc) is 2.85. The fraction of sp³-hybridized carbons (Fsp3) is 0.481. The van der Waals surface area contributed by atoms with E-state index in [4.69, 9.17) is 0 Å². The maximum Gasteiger partial charge on any atom is 0.416 e. The first-order valence-electron chi connectivity index (χ1n) is 12.6. The number of halogens is 3. The number of sulfonamides is 1. The molecule has 0 aliphatic heterocycles. The Kier molecular flexibility index (Phi) is 11.2. The van der Waals surface area contributed by atoms with Gasteiger partial charge in [0, 0.05) is 25.6 Å². The van der Waals surface area contributed by atoms with Crippen molar-refractivity contribution in [2.24, 2.45) is 0 Å². The summed E-state index contributed by atoms with van der Waals surface area (Å²) in [6, 6.07) is 12.5. The number of hydrogen-bond acceptors (Lipinski definition) is 4. The van der Waals surface area contributed by atoms with Crippen molar-refractivity contribution in [3.8, 4) is 0 Å². The first-order chi connectivity index (χ1) is 17.8. The molecular formula is C27H36F3N3O4S. The first kappa shape index (κ1) is 31.1. The molecule has 2 atom stereocenters. The van der Waals surface area contributed by atoms with Gasteiger partial charge in [-0.3, -0.25) is 13.9 Å². The summed E-state index contributed by atoms with van der Waals surface area (Å²) in [5.41, 5.74) is -0.264. The van der Waals surface area contributed by atoms with Crippen molar-refractivity contribution in [3.05, 3.63) is 65.7 Å². The van der Waals surface area contributed by atoms with Gasteiger partial charge in [-0.25, -0.2) is 8.42 Å². The molecule has 0 saturated heterocycles. The predicted molar refractivity (Wildman–Crippen MR) is 142 cm³/mol. The molecule has 2 amide bonds. The number of rotatable bonds is 13. The molecule has 0 bridgehead atoms. The highest BCUT2D eigenvalue weighted by atomic mass is 32.2. The summed E-state index contributed by atoms with van der Waals surface area (Å²) in [5.74, 6) is -0.620. The maximum atomic E-state index is 13.4. The number of alkyl halides is 3. The van der Waals surface area contributed by atoms with Gasteiger partial charge in [-0.05, 0) is 49.9 Å². The zero-order chi connectivity index (χ0) is 28.5. The van der Waals surface area contributed by atoms with Crippen LogP contribution in [0.3, 0.4) is 0 Å². The van der Waals surface area contributed by atoms with E-state index in [1.807, 2.05) is 51.1 Å². The van der Waals surface area contributed by atoms with Crippen molar-refractivity contribution in [2.75, 3.05) is 17.1 Å². The summed E-state index contributed by atoms with van der Waals surface area (Å²) in [6.45, 7) is 5.62. The Labute approximate surface area is 223 Å². The number of benzene rings is 2. The maximum absolute atomic E-state index is 13.4. The Morgan fingerprint density at radius 2 is 1.66 bits per heavy atom. The van der Waals surface area contributed by atoms with Crippen molar-refractivity contribution in [2.45, 2.75) is 71.3 Å². The molecule has 0 aromatic heterocycles. The second-order valence-electron chi connectivity index (χ2n) is 9.24. The molecule has 7 nitrogen and oxygen atoms in total. The first-order valence-corrected chi connectivity index (χ1v) is 14.4. The summed E-state index contributed by atoms with van der Waals surface area (Å²) in [7, 11) is -3.92. The lowest BCUT2D eigenvalue weighted by atomic mass is 10.1. The van der Waals surface area contributed by atoms with E-state index < -0.39 is 27.8 Å². The van der Waals surface area contributed by atoms with Crippen LogP contribution in [-0.4, -0.2) is 50.0 Å². The highest BCUT2D eigenvalue weighted by Crippen LogP contribution is 2.32. The zero-order valence-corrected chi connectivity index (χ0v) is 23.0. The van der Waals surface area contributed by atoms with E-state index in [0.29, 0.717) is 6.42 Å². The summed E-state index contributed by atoms with van der Waals surface area (Å²) >= 11 is 0. The van der Waals surface area contributed by atoms with Crippen LogP contribution in [0.25, 0.3) is 0 Å². The Balaban J connectivity index is 2.24. The Morgan fingerprint density at radius 1 is 1.00 bits per heavy atom. The Morgan fingerprint density at radius 3 is 2.21 bits per heavy atom. The summed E-state index contributed by atoms with van der Waals surface area (Å²) in [6.07, 6.45) is -2.66. The van der Waals surface area contributed by atoms with Gasteiger partial charge in [0.15, 0.2) is 0 Å². The molecule has 210 valence electrons. The van der Waals surface area contributed by atoms with Crippen LogP contribution in [0.1, 0.15) is 57.6 Å². The fourth-order valence-corrected chi connectivity index (χ4v) is 4.94. The minimum absolute atomic E-state index is 0.0524. The van der Waals surface area contributed by atoms with E-state index in [1.54, 1.807) is 0 Å². The minimum atomic E-state index is -4.63. The molecule has 0 heterocycles. The number of carbonyl (C=O) groups excluding carboxylic acids is 2.